The van der Waals surface area contributed by atoms with E-state index in [0.717, 1.165) is 10.0 Å². The van der Waals surface area contributed by atoms with E-state index in [1.165, 1.54) is 0 Å². The van der Waals surface area contributed by atoms with Crippen molar-refractivity contribution in [1.29, 1.82) is 0 Å². The predicted molar refractivity (Wildman–Crippen MR) is 60.9 cm³/mol. The fraction of sp³-hybridized carbons (Fsp3) is 0.100. The van der Waals surface area contributed by atoms with Crippen LogP contribution in [0.4, 0.5) is 0 Å². The summed E-state index contributed by atoms with van der Waals surface area (Å²) < 4.78 is 0.871. The molecule has 1 aromatic heterocycles. The van der Waals surface area contributed by atoms with Crippen molar-refractivity contribution in [3.63, 3.8) is 0 Å². The molecule has 0 radical (unpaired) electrons. The predicted octanol–water partition coefficient (Wildman–Crippen LogP) is 1.86. The number of nitrogens with zero attached hydrogens (tertiary/aromatic N) is 2. The zero-order chi connectivity index (χ0) is 11.5. The van der Waals surface area contributed by atoms with Crippen LogP contribution < -0.4 is 0 Å². The number of H-pyrrole nitrogens is 1. The Morgan fingerprint density at radius 1 is 1.44 bits per heavy atom. The minimum atomic E-state index is -0.935. The molecule has 16 heavy (non-hydrogen) atoms. The number of benzene rings is 1. The van der Waals surface area contributed by atoms with Crippen molar-refractivity contribution in [1.82, 2.24) is 15.2 Å². The zero-order valence-corrected chi connectivity index (χ0v) is 9.73. The maximum Gasteiger partial charge on any atom is 0.311 e. The maximum atomic E-state index is 10.5. The molecular weight excluding hydrogens is 274 g/mol. The van der Waals surface area contributed by atoms with Crippen molar-refractivity contribution in [3.8, 4) is 11.4 Å². The molecule has 0 bridgehead atoms. The lowest BCUT2D eigenvalue weighted by atomic mass is 10.2. The SMILES string of the molecule is O=C(O)Cc1nc(-c2ccccc2Br)n[nH]1. The quantitative estimate of drug-likeness (QED) is 0.900. The summed E-state index contributed by atoms with van der Waals surface area (Å²) in [5, 5.41) is 15.2. The lowest BCUT2D eigenvalue weighted by Crippen LogP contribution is -2.01. The third-order valence-electron chi connectivity index (χ3n) is 1.97. The molecule has 2 aromatic rings. The van der Waals surface area contributed by atoms with Crippen molar-refractivity contribution in [2.45, 2.75) is 6.42 Å². The molecule has 5 nitrogen and oxygen atoms in total. The average molecular weight is 282 g/mol. The molecule has 0 unspecified atom stereocenters. The first-order valence-corrected chi connectivity index (χ1v) is 5.34. The first kappa shape index (κ1) is 10.8. The monoisotopic (exact) mass is 281 g/mol. The van der Waals surface area contributed by atoms with E-state index in [4.69, 9.17) is 5.11 Å². The van der Waals surface area contributed by atoms with Crippen molar-refractivity contribution in [2.24, 2.45) is 0 Å². The normalized spacial score (nSPS) is 10.3. The highest BCUT2D eigenvalue weighted by Gasteiger charge is 2.10. The number of carbonyl (C=O) groups is 1. The van der Waals surface area contributed by atoms with Crippen LogP contribution in [-0.2, 0) is 11.2 Å². The van der Waals surface area contributed by atoms with Gasteiger partial charge in [0.2, 0.25) is 0 Å². The van der Waals surface area contributed by atoms with Gasteiger partial charge in [-0.25, -0.2) is 4.98 Å². The highest BCUT2D eigenvalue weighted by atomic mass is 79.9. The number of carboxylic acid groups (broad SMARTS) is 1. The van der Waals surface area contributed by atoms with Gasteiger partial charge in [-0.2, -0.15) is 5.10 Å². The van der Waals surface area contributed by atoms with Gasteiger partial charge in [0.05, 0.1) is 0 Å². The number of hydrogen-bond acceptors (Lipinski definition) is 3. The third-order valence-corrected chi connectivity index (χ3v) is 2.66. The van der Waals surface area contributed by atoms with Crippen LogP contribution in [0.1, 0.15) is 5.82 Å². The lowest BCUT2D eigenvalue weighted by Gasteiger charge is -1.97. The van der Waals surface area contributed by atoms with E-state index in [-0.39, 0.29) is 6.42 Å². The van der Waals surface area contributed by atoms with Gasteiger partial charge in [-0.3, -0.25) is 9.89 Å². The molecule has 0 atom stereocenters. The second kappa shape index (κ2) is 4.44. The molecule has 82 valence electrons. The van der Waals surface area contributed by atoms with Crippen LogP contribution in [0.25, 0.3) is 11.4 Å². The number of aliphatic carboxylic acids is 1. The lowest BCUT2D eigenvalue weighted by molar-refractivity contribution is -0.136. The summed E-state index contributed by atoms with van der Waals surface area (Å²) in [5.41, 5.74) is 0.829. The summed E-state index contributed by atoms with van der Waals surface area (Å²) in [7, 11) is 0. The molecule has 2 rings (SSSR count). The second-order valence-electron chi connectivity index (χ2n) is 3.16. The van der Waals surface area contributed by atoms with Crippen LogP contribution in [0.5, 0.6) is 0 Å². The molecule has 0 aliphatic carbocycles. The first-order valence-electron chi connectivity index (χ1n) is 4.55. The van der Waals surface area contributed by atoms with Gasteiger partial charge in [0.15, 0.2) is 5.82 Å². The summed E-state index contributed by atoms with van der Waals surface area (Å²) in [5.74, 6) is -0.100. The van der Waals surface area contributed by atoms with E-state index in [1.54, 1.807) is 0 Å². The fourth-order valence-corrected chi connectivity index (χ4v) is 1.74. The Bertz CT molecular complexity index is 524. The summed E-state index contributed by atoms with van der Waals surface area (Å²) in [4.78, 5) is 14.6. The minimum Gasteiger partial charge on any atom is -0.481 e. The van der Waals surface area contributed by atoms with Gasteiger partial charge in [-0.1, -0.05) is 28.1 Å². The van der Waals surface area contributed by atoms with Crippen molar-refractivity contribution < 1.29 is 9.90 Å². The highest BCUT2D eigenvalue weighted by Crippen LogP contribution is 2.24. The van der Waals surface area contributed by atoms with E-state index >= 15 is 0 Å². The molecule has 0 aliphatic heterocycles. The summed E-state index contributed by atoms with van der Waals surface area (Å²) in [6, 6.07) is 7.49. The van der Waals surface area contributed by atoms with Crippen molar-refractivity contribution in [3.05, 3.63) is 34.6 Å². The highest BCUT2D eigenvalue weighted by molar-refractivity contribution is 9.10. The zero-order valence-electron chi connectivity index (χ0n) is 8.14. The Kier molecular flexibility index (Phi) is 3.00. The van der Waals surface area contributed by atoms with Crippen LogP contribution in [0, 0.1) is 0 Å². The standard InChI is InChI=1S/C10H8BrN3O2/c11-7-4-2-1-3-6(7)10-12-8(13-14-10)5-9(15)16/h1-4H,5H2,(H,15,16)(H,12,13,14). The minimum absolute atomic E-state index is 0.155. The molecular formula is C10H8BrN3O2. The molecule has 0 spiro atoms. The molecule has 0 aliphatic rings. The van der Waals surface area contributed by atoms with Crippen LogP contribution in [0.15, 0.2) is 28.7 Å². The molecule has 0 fully saturated rings. The number of aromatic nitrogens is 3. The van der Waals surface area contributed by atoms with E-state index in [2.05, 4.69) is 31.1 Å². The van der Waals surface area contributed by atoms with Crippen LogP contribution in [0.3, 0.4) is 0 Å². The Morgan fingerprint density at radius 2 is 2.19 bits per heavy atom. The third kappa shape index (κ3) is 2.27. The molecule has 1 heterocycles. The topological polar surface area (TPSA) is 78.9 Å². The Labute approximate surface area is 99.7 Å². The molecule has 0 amide bonds. The van der Waals surface area contributed by atoms with E-state index < -0.39 is 5.97 Å². The average Bonchev–Trinajstić information content (AvgIpc) is 2.66. The van der Waals surface area contributed by atoms with Crippen LogP contribution in [0.2, 0.25) is 0 Å². The molecule has 1 aromatic carbocycles. The van der Waals surface area contributed by atoms with Gasteiger partial charge >= 0.3 is 5.97 Å². The smallest absolute Gasteiger partial charge is 0.311 e. The van der Waals surface area contributed by atoms with E-state index in [1.807, 2.05) is 24.3 Å². The van der Waals surface area contributed by atoms with Crippen LogP contribution >= 0.6 is 15.9 Å². The summed E-state index contributed by atoms with van der Waals surface area (Å²) >= 11 is 3.38. The molecule has 6 heteroatoms. The molecule has 0 saturated carbocycles. The maximum absolute atomic E-state index is 10.5. The largest absolute Gasteiger partial charge is 0.481 e. The van der Waals surface area contributed by atoms with Gasteiger partial charge < -0.3 is 5.11 Å². The molecule has 0 saturated heterocycles. The van der Waals surface area contributed by atoms with Gasteiger partial charge in [-0.05, 0) is 12.1 Å². The Morgan fingerprint density at radius 3 is 2.88 bits per heavy atom. The first-order chi connectivity index (χ1) is 7.66. The number of carboxylic acids is 1. The van der Waals surface area contributed by atoms with E-state index in [9.17, 15) is 4.79 Å². The number of nitrogens with one attached hydrogen (secondary N) is 1. The van der Waals surface area contributed by atoms with Crippen molar-refractivity contribution >= 4 is 21.9 Å². The van der Waals surface area contributed by atoms with Gasteiger partial charge in [0.25, 0.3) is 0 Å². The fourth-order valence-electron chi connectivity index (χ4n) is 1.28. The molecule has 2 N–H and O–H groups in total. The number of halogens is 1. The second-order valence-corrected chi connectivity index (χ2v) is 4.01. The van der Waals surface area contributed by atoms with E-state index in [0.29, 0.717) is 11.6 Å². The Hall–Kier alpha value is -1.69. The summed E-state index contributed by atoms with van der Waals surface area (Å²) in [6.07, 6.45) is -0.155. The number of hydrogen-bond donors (Lipinski definition) is 2. The Balaban J connectivity index is 2.32. The van der Waals surface area contributed by atoms with Gasteiger partial charge in [-0.15, -0.1) is 0 Å². The summed E-state index contributed by atoms with van der Waals surface area (Å²) in [6.45, 7) is 0. The van der Waals surface area contributed by atoms with Gasteiger partial charge in [0.1, 0.15) is 12.2 Å². The number of aromatic amines is 1. The van der Waals surface area contributed by atoms with Gasteiger partial charge in [0, 0.05) is 10.0 Å². The van der Waals surface area contributed by atoms with Crippen LogP contribution in [-0.4, -0.2) is 26.3 Å². The van der Waals surface area contributed by atoms with Crippen molar-refractivity contribution in [2.75, 3.05) is 0 Å². The number of rotatable bonds is 3.